The Bertz CT molecular complexity index is 238. The standard InChI is InChI=1S/C9H11ClO2/c1-11-7-12-6-8-3-2-4-9(10)5-8/h2-5H,6-7H2,1H3. The van der Waals surface area contributed by atoms with E-state index in [1.165, 1.54) is 0 Å². The molecule has 12 heavy (non-hydrogen) atoms. The highest BCUT2D eigenvalue weighted by atomic mass is 35.5. The summed E-state index contributed by atoms with van der Waals surface area (Å²) in [5.41, 5.74) is 1.06. The predicted molar refractivity (Wildman–Crippen MR) is 48.1 cm³/mol. The van der Waals surface area contributed by atoms with Gasteiger partial charge in [-0.1, -0.05) is 23.7 Å². The molecular weight excluding hydrogens is 176 g/mol. The normalized spacial score (nSPS) is 10.2. The van der Waals surface area contributed by atoms with Crippen LogP contribution in [0.2, 0.25) is 5.02 Å². The van der Waals surface area contributed by atoms with Crippen molar-refractivity contribution >= 4 is 11.6 Å². The van der Waals surface area contributed by atoms with Gasteiger partial charge in [0.25, 0.3) is 0 Å². The lowest BCUT2D eigenvalue weighted by Crippen LogP contribution is -1.96. The first-order valence-electron chi connectivity index (χ1n) is 3.64. The van der Waals surface area contributed by atoms with E-state index < -0.39 is 0 Å². The molecule has 0 aliphatic rings. The van der Waals surface area contributed by atoms with Crippen molar-refractivity contribution in [3.05, 3.63) is 34.9 Å². The van der Waals surface area contributed by atoms with Gasteiger partial charge in [-0.05, 0) is 17.7 Å². The van der Waals surface area contributed by atoms with E-state index in [1.54, 1.807) is 7.11 Å². The van der Waals surface area contributed by atoms with Crippen LogP contribution in [0, 0.1) is 0 Å². The van der Waals surface area contributed by atoms with Gasteiger partial charge in [0.1, 0.15) is 6.79 Å². The molecule has 0 spiro atoms. The van der Waals surface area contributed by atoms with Gasteiger partial charge in [0.05, 0.1) is 6.61 Å². The Kier molecular flexibility index (Phi) is 4.08. The Morgan fingerprint density at radius 3 is 2.92 bits per heavy atom. The average Bonchev–Trinajstić information content (AvgIpc) is 2.05. The molecule has 0 unspecified atom stereocenters. The molecule has 0 amide bonds. The smallest absolute Gasteiger partial charge is 0.146 e. The molecule has 0 aliphatic carbocycles. The van der Waals surface area contributed by atoms with Crippen LogP contribution in [0.15, 0.2) is 24.3 Å². The summed E-state index contributed by atoms with van der Waals surface area (Å²) in [5, 5.41) is 0.730. The van der Waals surface area contributed by atoms with Crippen LogP contribution in [0.5, 0.6) is 0 Å². The zero-order valence-electron chi connectivity index (χ0n) is 6.92. The fourth-order valence-corrected chi connectivity index (χ4v) is 1.08. The van der Waals surface area contributed by atoms with Crippen LogP contribution in [0.1, 0.15) is 5.56 Å². The van der Waals surface area contributed by atoms with Crippen LogP contribution in [-0.4, -0.2) is 13.9 Å². The Morgan fingerprint density at radius 1 is 1.42 bits per heavy atom. The second kappa shape index (κ2) is 5.14. The number of methoxy groups -OCH3 is 1. The first-order valence-corrected chi connectivity index (χ1v) is 4.02. The molecule has 0 radical (unpaired) electrons. The maximum Gasteiger partial charge on any atom is 0.146 e. The predicted octanol–water partition coefficient (Wildman–Crippen LogP) is 2.46. The van der Waals surface area contributed by atoms with Crippen molar-refractivity contribution in [2.24, 2.45) is 0 Å². The molecule has 66 valence electrons. The number of benzene rings is 1. The van der Waals surface area contributed by atoms with E-state index in [4.69, 9.17) is 21.1 Å². The first kappa shape index (κ1) is 9.52. The van der Waals surface area contributed by atoms with Crippen LogP contribution in [0.3, 0.4) is 0 Å². The second-order valence-corrected chi connectivity index (χ2v) is 2.82. The summed E-state index contributed by atoms with van der Waals surface area (Å²) >= 11 is 5.77. The van der Waals surface area contributed by atoms with Crippen molar-refractivity contribution in [1.82, 2.24) is 0 Å². The topological polar surface area (TPSA) is 18.5 Å². The molecule has 0 bridgehead atoms. The highest BCUT2D eigenvalue weighted by Gasteiger charge is 1.93. The number of hydrogen-bond acceptors (Lipinski definition) is 2. The molecule has 1 aromatic rings. The summed E-state index contributed by atoms with van der Waals surface area (Å²) in [6.45, 7) is 0.848. The van der Waals surface area contributed by atoms with Crippen LogP contribution in [0.4, 0.5) is 0 Å². The maximum absolute atomic E-state index is 5.77. The van der Waals surface area contributed by atoms with Gasteiger partial charge in [-0.3, -0.25) is 0 Å². The minimum absolute atomic E-state index is 0.312. The third kappa shape index (κ3) is 3.22. The van der Waals surface area contributed by atoms with E-state index in [1.807, 2.05) is 24.3 Å². The van der Waals surface area contributed by atoms with Crippen LogP contribution in [0.25, 0.3) is 0 Å². The van der Waals surface area contributed by atoms with E-state index in [-0.39, 0.29) is 0 Å². The third-order valence-electron chi connectivity index (χ3n) is 1.36. The molecule has 2 nitrogen and oxygen atoms in total. The van der Waals surface area contributed by atoms with Crippen molar-refractivity contribution in [3.8, 4) is 0 Å². The van der Waals surface area contributed by atoms with Gasteiger partial charge >= 0.3 is 0 Å². The summed E-state index contributed by atoms with van der Waals surface area (Å²) in [5.74, 6) is 0. The molecule has 0 heterocycles. The molecule has 0 saturated carbocycles. The molecule has 0 aromatic heterocycles. The molecule has 0 atom stereocenters. The fraction of sp³-hybridized carbons (Fsp3) is 0.333. The molecule has 0 aliphatic heterocycles. The van der Waals surface area contributed by atoms with Gasteiger partial charge in [0.2, 0.25) is 0 Å². The summed E-state index contributed by atoms with van der Waals surface area (Å²) in [6, 6.07) is 7.56. The lowest BCUT2D eigenvalue weighted by atomic mass is 10.2. The lowest BCUT2D eigenvalue weighted by molar-refractivity contribution is -0.0390. The quantitative estimate of drug-likeness (QED) is 0.531. The minimum Gasteiger partial charge on any atom is -0.359 e. The number of ether oxygens (including phenoxy) is 2. The number of hydrogen-bond donors (Lipinski definition) is 0. The van der Waals surface area contributed by atoms with E-state index >= 15 is 0 Å². The van der Waals surface area contributed by atoms with E-state index in [0.717, 1.165) is 10.6 Å². The maximum atomic E-state index is 5.77. The van der Waals surface area contributed by atoms with Gasteiger partial charge in [-0.15, -0.1) is 0 Å². The summed E-state index contributed by atoms with van der Waals surface area (Å²) < 4.78 is 9.88. The number of halogens is 1. The first-order chi connectivity index (χ1) is 5.83. The summed E-state index contributed by atoms with van der Waals surface area (Å²) in [4.78, 5) is 0. The van der Waals surface area contributed by atoms with Crippen molar-refractivity contribution in [3.63, 3.8) is 0 Å². The van der Waals surface area contributed by atoms with E-state index in [0.29, 0.717) is 13.4 Å². The van der Waals surface area contributed by atoms with Crippen molar-refractivity contribution < 1.29 is 9.47 Å². The van der Waals surface area contributed by atoms with Gasteiger partial charge in [0.15, 0.2) is 0 Å². The second-order valence-electron chi connectivity index (χ2n) is 2.38. The van der Waals surface area contributed by atoms with Crippen molar-refractivity contribution in [2.45, 2.75) is 6.61 Å². The minimum atomic E-state index is 0.312. The molecular formula is C9H11ClO2. The zero-order valence-corrected chi connectivity index (χ0v) is 7.67. The highest BCUT2D eigenvalue weighted by molar-refractivity contribution is 6.30. The number of rotatable bonds is 4. The fourth-order valence-electron chi connectivity index (χ4n) is 0.870. The molecule has 1 rings (SSSR count). The monoisotopic (exact) mass is 186 g/mol. The van der Waals surface area contributed by atoms with E-state index in [9.17, 15) is 0 Å². The van der Waals surface area contributed by atoms with Gasteiger partial charge in [0, 0.05) is 12.1 Å². The summed E-state index contributed by atoms with van der Waals surface area (Å²) in [6.07, 6.45) is 0. The van der Waals surface area contributed by atoms with E-state index in [2.05, 4.69) is 0 Å². The Morgan fingerprint density at radius 2 is 2.25 bits per heavy atom. The Labute approximate surface area is 77.1 Å². The van der Waals surface area contributed by atoms with Gasteiger partial charge < -0.3 is 9.47 Å². The van der Waals surface area contributed by atoms with Crippen molar-refractivity contribution in [1.29, 1.82) is 0 Å². The lowest BCUT2D eigenvalue weighted by Gasteiger charge is -2.02. The SMILES string of the molecule is COCOCc1cccc(Cl)c1. The molecule has 0 saturated heterocycles. The van der Waals surface area contributed by atoms with Crippen LogP contribution in [-0.2, 0) is 16.1 Å². The molecule has 0 N–H and O–H groups in total. The van der Waals surface area contributed by atoms with Crippen molar-refractivity contribution in [2.75, 3.05) is 13.9 Å². The molecule has 1 aromatic carbocycles. The zero-order chi connectivity index (χ0) is 8.81. The largest absolute Gasteiger partial charge is 0.359 e. The summed E-state index contributed by atoms with van der Waals surface area (Å²) in [7, 11) is 1.60. The Hall–Kier alpha value is -0.570. The van der Waals surface area contributed by atoms with Gasteiger partial charge in [-0.25, -0.2) is 0 Å². The average molecular weight is 187 g/mol. The highest BCUT2D eigenvalue weighted by Crippen LogP contribution is 2.11. The van der Waals surface area contributed by atoms with Crippen LogP contribution < -0.4 is 0 Å². The third-order valence-corrected chi connectivity index (χ3v) is 1.59. The Balaban J connectivity index is 2.41. The van der Waals surface area contributed by atoms with Gasteiger partial charge in [-0.2, -0.15) is 0 Å². The molecule has 3 heteroatoms. The molecule has 0 fully saturated rings. The van der Waals surface area contributed by atoms with Crippen LogP contribution >= 0.6 is 11.6 Å².